The summed E-state index contributed by atoms with van der Waals surface area (Å²) >= 11 is 0. The zero-order chi connectivity index (χ0) is 19.2. The highest BCUT2D eigenvalue weighted by atomic mass is 16.5. The van der Waals surface area contributed by atoms with Gasteiger partial charge in [0, 0.05) is 37.3 Å². The van der Waals surface area contributed by atoms with Crippen molar-refractivity contribution in [2.45, 2.75) is 0 Å². The fourth-order valence-electron chi connectivity index (χ4n) is 3.07. The zero-order valence-electron chi connectivity index (χ0n) is 15.8. The van der Waals surface area contributed by atoms with Gasteiger partial charge in [-0.3, -0.25) is 14.5 Å². The first-order valence-electron chi connectivity index (χ1n) is 9.05. The first-order chi connectivity index (χ1) is 13.1. The molecule has 27 heavy (non-hydrogen) atoms. The second kappa shape index (κ2) is 8.79. The van der Waals surface area contributed by atoms with Crippen LogP contribution in [0.1, 0.15) is 20.7 Å². The number of benzene rings is 2. The van der Waals surface area contributed by atoms with Gasteiger partial charge >= 0.3 is 0 Å². The first kappa shape index (κ1) is 19.1. The fourth-order valence-corrected chi connectivity index (χ4v) is 3.07. The van der Waals surface area contributed by atoms with E-state index >= 15 is 0 Å². The number of nitrogens with zero attached hydrogens (tertiary/aromatic N) is 2. The highest BCUT2D eigenvalue weighted by Gasteiger charge is 2.20. The lowest BCUT2D eigenvalue weighted by atomic mass is 10.1. The maximum absolute atomic E-state index is 12.8. The molecule has 0 spiro atoms. The smallest absolute Gasteiger partial charge is 0.255 e. The van der Waals surface area contributed by atoms with Crippen molar-refractivity contribution in [3.05, 3.63) is 59.7 Å². The summed E-state index contributed by atoms with van der Waals surface area (Å²) in [6, 6.07) is 14.0. The van der Waals surface area contributed by atoms with Gasteiger partial charge < -0.3 is 15.0 Å². The summed E-state index contributed by atoms with van der Waals surface area (Å²) in [6.45, 7) is 4.04. The topological polar surface area (TPSA) is 61.9 Å². The van der Waals surface area contributed by atoms with Gasteiger partial charge in [-0.2, -0.15) is 0 Å². The minimum Gasteiger partial charge on any atom is -0.497 e. The Labute approximate surface area is 159 Å². The van der Waals surface area contributed by atoms with Crippen molar-refractivity contribution in [3.8, 4) is 5.75 Å². The van der Waals surface area contributed by atoms with E-state index in [4.69, 9.17) is 4.74 Å². The second-order valence-corrected chi connectivity index (χ2v) is 6.73. The molecule has 6 heteroatoms. The Morgan fingerprint density at radius 2 is 1.67 bits per heavy atom. The van der Waals surface area contributed by atoms with Crippen LogP contribution in [0.3, 0.4) is 0 Å². The predicted octanol–water partition coefficient (Wildman–Crippen LogP) is 2.38. The highest BCUT2D eigenvalue weighted by molar-refractivity contribution is 6.10. The lowest BCUT2D eigenvalue weighted by Gasteiger charge is -2.31. The molecule has 0 saturated carbocycles. The number of ketones is 1. The van der Waals surface area contributed by atoms with Gasteiger partial charge in [-0.1, -0.05) is 12.1 Å². The second-order valence-electron chi connectivity index (χ2n) is 6.73. The van der Waals surface area contributed by atoms with Gasteiger partial charge in [-0.25, -0.2) is 0 Å². The molecule has 0 bridgehead atoms. The number of likely N-dealkylation sites (N-methyl/N-ethyl adjacent to an activating group) is 1. The van der Waals surface area contributed by atoms with E-state index in [0.29, 0.717) is 29.1 Å². The molecule has 1 fully saturated rings. The number of anilines is 1. The Morgan fingerprint density at radius 1 is 1.00 bits per heavy atom. The molecule has 0 unspecified atom stereocenters. The van der Waals surface area contributed by atoms with Crippen molar-refractivity contribution in [1.29, 1.82) is 0 Å². The summed E-state index contributed by atoms with van der Waals surface area (Å²) < 4.78 is 5.11. The van der Waals surface area contributed by atoms with E-state index in [2.05, 4.69) is 22.2 Å². The fraction of sp³-hybridized carbons (Fsp3) is 0.333. The number of rotatable bonds is 6. The van der Waals surface area contributed by atoms with Crippen molar-refractivity contribution < 1.29 is 14.3 Å². The van der Waals surface area contributed by atoms with E-state index in [1.54, 1.807) is 43.5 Å². The lowest BCUT2D eigenvalue weighted by Crippen LogP contribution is -2.46. The maximum atomic E-state index is 12.8. The number of Topliss-reactive ketones (excluding diaryl/α,β-unsaturated/α-hetero) is 1. The van der Waals surface area contributed by atoms with Gasteiger partial charge in [-0.05, 0) is 43.4 Å². The molecule has 2 aromatic rings. The van der Waals surface area contributed by atoms with Crippen molar-refractivity contribution >= 4 is 17.4 Å². The molecule has 1 amide bonds. The quantitative estimate of drug-likeness (QED) is 0.795. The standard InChI is InChI=1S/C21H25N3O3/c1-23-11-13-24(14-12-23)15-20(25)18-5-3-4-6-19(18)22-21(26)16-7-9-17(27-2)10-8-16/h3-10H,11-15H2,1-2H3,(H,22,26). The third-order valence-corrected chi connectivity index (χ3v) is 4.79. The van der Waals surface area contributed by atoms with Crippen LogP contribution in [-0.2, 0) is 0 Å². The third kappa shape index (κ3) is 4.93. The number of piperazine rings is 1. The monoisotopic (exact) mass is 367 g/mol. The molecule has 1 N–H and O–H groups in total. The Morgan fingerprint density at radius 3 is 2.33 bits per heavy atom. The molecule has 142 valence electrons. The van der Waals surface area contributed by atoms with Crippen molar-refractivity contribution in [3.63, 3.8) is 0 Å². The Hall–Kier alpha value is -2.70. The van der Waals surface area contributed by atoms with E-state index in [-0.39, 0.29) is 11.7 Å². The summed E-state index contributed by atoms with van der Waals surface area (Å²) in [5.74, 6) is 0.456. The van der Waals surface area contributed by atoms with Crippen LogP contribution in [0.2, 0.25) is 0 Å². The van der Waals surface area contributed by atoms with Crippen molar-refractivity contribution in [1.82, 2.24) is 9.80 Å². The van der Waals surface area contributed by atoms with Crippen LogP contribution in [-0.4, -0.2) is 68.4 Å². The van der Waals surface area contributed by atoms with Gasteiger partial charge in [0.25, 0.3) is 5.91 Å². The summed E-state index contributed by atoms with van der Waals surface area (Å²) in [5, 5.41) is 2.86. The number of ether oxygens (including phenoxy) is 1. The lowest BCUT2D eigenvalue weighted by molar-refractivity contribution is 0.0877. The molecule has 1 heterocycles. The molecule has 3 rings (SSSR count). The van der Waals surface area contributed by atoms with E-state index in [1.807, 2.05) is 12.1 Å². The van der Waals surface area contributed by atoms with Crippen LogP contribution in [0.15, 0.2) is 48.5 Å². The number of amides is 1. The Kier molecular flexibility index (Phi) is 6.21. The normalized spacial score (nSPS) is 15.3. The maximum Gasteiger partial charge on any atom is 0.255 e. The minimum atomic E-state index is -0.252. The number of methoxy groups -OCH3 is 1. The van der Waals surface area contributed by atoms with Crippen LogP contribution in [0.25, 0.3) is 0 Å². The van der Waals surface area contributed by atoms with Crippen LogP contribution in [0.5, 0.6) is 5.75 Å². The van der Waals surface area contributed by atoms with Crippen molar-refractivity contribution in [2.24, 2.45) is 0 Å². The predicted molar refractivity (Wildman–Crippen MR) is 106 cm³/mol. The summed E-state index contributed by atoms with van der Waals surface area (Å²) in [4.78, 5) is 29.7. The van der Waals surface area contributed by atoms with Gasteiger partial charge in [-0.15, -0.1) is 0 Å². The third-order valence-electron chi connectivity index (χ3n) is 4.79. The average molecular weight is 367 g/mol. The Bertz CT molecular complexity index is 797. The van der Waals surface area contributed by atoms with Crippen LogP contribution >= 0.6 is 0 Å². The Balaban J connectivity index is 1.69. The van der Waals surface area contributed by atoms with Crippen LogP contribution in [0.4, 0.5) is 5.69 Å². The largest absolute Gasteiger partial charge is 0.497 e. The molecule has 0 aliphatic carbocycles. The van der Waals surface area contributed by atoms with E-state index in [9.17, 15) is 9.59 Å². The number of hydrogen-bond acceptors (Lipinski definition) is 5. The highest BCUT2D eigenvalue weighted by Crippen LogP contribution is 2.19. The van der Waals surface area contributed by atoms with Crippen molar-refractivity contribution in [2.75, 3.05) is 52.2 Å². The molecule has 0 radical (unpaired) electrons. The van der Waals surface area contributed by atoms with E-state index in [1.165, 1.54) is 0 Å². The summed E-state index contributed by atoms with van der Waals surface area (Å²) in [7, 11) is 3.67. The van der Waals surface area contributed by atoms with Crippen LogP contribution < -0.4 is 10.1 Å². The van der Waals surface area contributed by atoms with Gasteiger partial charge in [0.05, 0.1) is 19.3 Å². The molecular weight excluding hydrogens is 342 g/mol. The SMILES string of the molecule is COc1ccc(C(=O)Nc2ccccc2C(=O)CN2CCN(C)CC2)cc1. The molecule has 0 aromatic heterocycles. The summed E-state index contributed by atoms with van der Waals surface area (Å²) in [6.07, 6.45) is 0. The number of carbonyl (C=O) groups is 2. The first-order valence-corrected chi connectivity index (χ1v) is 9.05. The number of hydrogen-bond donors (Lipinski definition) is 1. The molecule has 1 aliphatic heterocycles. The van der Waals surface area contributed by atoms with Crippen LogP contribution in [0, 0.1) is 0 Å². The molecule has 1 aliphatic rings. The van der Waals surface area contributed by atoms with Gasteiger partial charge in [0.1, 0.15) is 5.75 Å². The minimum absolute atomic E-state index is 0.0187. The van der Waals surface area contributed by atoms with E-state index < -0.39 is 0 Å². The summed E-state index contributed by atoms with van der Waals surface area (Å²) in [5.41, 5.74) is 1.59. The van der Waals surface area contributed by atoms with E-state index in [0.717, 1.165) is 26.2 Å². The zero-order valence-corrected chi connectivity index (χ0v) is 15.8. The molecular formula is C21H25N3O3. The number of carbonyl (C=O) groups excluding carboxylic acids is 2. The molecule has 2 aromatic carbocycles. The average Bonchev–Trinajstić information content (AvgIpc) is 2.70. The molecule has 1 saturated heterocycles. The van der Waals surface area contributed by atoms with Gasteiger partial charge in [0.2, 0.25) is 0 Å². The number of para-hydroxylation sites is 1. The molecule has 0 atom stereocenters. The number of nitrogens with one attached hydrogen (secondary N) is 1. The molecule has 6 nitrogen and oxygen atoms in total. The van der Waals surface area contributed by atoms with Gasteiger partial charge in [0.15, 0.2) is 5.78 Å².